The van der Waals surface area contributed by atoms with E-state index in [1.807, 2.05) is 0 Å². The van der Waals surface area contributed by atoms with Crippen molar-refractivity contribution in [3.05, 3.63) is 27.1 Å². The highest BCUT2D eigenvalue weighted by atomic mass is 79.9. The van der Waals surface area contributed by atoms with Gasteiger partial charge in [-0.2, -0.15) is 0 Å². The lowest BCUT2D eigenvalue weighted by atomic mass is 10.3. The Hall–Kier alpha value is -0.520. The Bertz CT molecular complexity index is 520. The molecule has 2 aromatic rings. The molecule has 0 spiro atoms. The van der Waals surface area contributed by atoms with E-state index in [1.54, 1.807) is 0 Å². The number of hydrogen-bond donors (Lipinski definition) is 0. The molecule has 0 N–H and O–H groups in total. The molecule has 0 bridgehead atoms. The van der Waals surface area contributed by atoms with Gasteiger partial charge in [0, 0.05) is 6.20 Å². The van der Waals surface area contributed by atoms with Gasteiger partial charge in [0.15, 0.2) is 5.82 Å². The van der Waals surface area contributed by atoms with Gasteiger partial charge in [0.2, 0.25) is 5.28 Å². The van der Waals surface area contributed by atoms with Crippen molar-refractivity contribution in [3.8, 4) is 0 Å². The summed E-state index contributed by atoms with van der Waals surface area (Å²) in [6.07, 6.45) is 1.38. The number of rotatable bonds is 0. The number of halogens is 4. The third kappa shape index (κ3) is 1.55. The summed E-state index contributed by atoms with van der Waals surface area (Å²) in [6.45, 7) is 0. The second kappa shape index (κ2) is 3.56. The fourth-order valence-corrected chi connectivity index (χ4v) is 1.69. The van der Waals surface area contributed by atoms with Crippen LogP contribution in [0, 0.1) is 5.82 Å². The van der Waals surface area contributed by atoms with E-state index in [1.165, 1.54) is 6.20 Å². The Morgan fingerprint density at radius 1 is 1.29 bits per heavy atom. The Kier molecular flexibility index (Phi) is 2.55. The third-order valence-corrected chi connectivity index (χ3v) is 2.58. The molecule has 0 aromatic carbocycles. The topological polar surface area (TPSA) is 38.7 Å². The zero-order valence-electron chi connectivity index (χ0n) is 6.43. The van der Waals surface area contributed by atoms with Gasteiger partial charge in [-0.15, -0.1) is 0 Å². The fraction of sp³-hybridized carbons (Fsp3) is 0. The van der Waals surface area contributed by atoms with Crippen LogP contribution in [0.4, 0.5) is 4.39 Å². The molecule has 0 unspecified atom stereocenters. The van der Waals surface area contributed by atoms with E-state index in [9.17, 15) is 4.39 Å². The van der Waals surface area contributed by atoms with Crippen LogP contribution >= 0.6 is 39.1 Å². The second-order valence-corrected chi connectivity index (χ2v) is 3.86. The fourth-order valence-electron chi connectivity index (χ4n) is 0.974. The second-order valence-electron chi connectivity index (χ2n) is 2.41. The summed E-state index contributed by atoms with van der Waals surface area (Å²) in [5, 5.41) is 0.315. The highest BCUT2D eigenvalue weighted by Crippen LogP contribution is 2.26. The van der Waals surface area contributed by atoms with Crippen molar-refractivity contribution in [3.63, 3.8) is 0 Å². The van der Waals surface area contributed by atoms with Gasteiger partial charge in [-0.05, 0) is 27.5 Å². The number of pyridine rings is 1. The van der Waals surface area contributed by atoms with Crippen molar-refractivity contribution in [2.45, 2.75) is 0 Å². The summed E-state index contributed by atoms with van der Waals surface area (Å²) < 4.78 is 13.5. The summed E-state index contributed by atoms with van der Waals surface area (Å²) in [5.41, 5.74) is 0.0527. The first-order chi connectivity index (χ1) is 6.59. The predicted octanol–water partition coefficient (Wildman–Crippen LogP) is 3.23. The molecule has 2 aromatic heterocycles. The van der Waals surface area contributed by atoms with E-state index in [0.717, 1.165) is 0 Å². The van der Waals surface area contributed by atoms with Crippen LogP contribution in [0.3, 0.4) is 0 Å². The molecule has 14 heavy (non-hydrogen) atoms. The highest BCUT2D eigenvalue weighted by molar-refractivity contribution is 9.10. The molecule has 0 atom stereocenters. The van der Waals surface area contributed by atoms with Crippen LogP contribution in [-0.4, -0.2) is 15.0 Å². The molecule has 0 radical (unpaired) electrons. The van der Waals surface area contributed by atoms with Gasteiger partial charge in [0.25, 0.3) is 0 Å². The molecule has 72 valence electrons. The SMILES string of the molecule is Fc1c(Br)ncc2c(Cl)nc(Cl)nc12. The molecule has 0 aliphatic rings. The molecule has 2 heterocycles. The predicted molar refractivity (Wildman–Crippen MR) is 55.0 cm³/mol. The quantitative estimate of drug-likeness (QED) is 0.426. The molecular weight excluding hydrogens is 296 g/mol. The summed E-state index contributed by atoms with van der Waals surface area (Å²) >= 11 is 14.2. The minimum absolute atomic E-state index is 0.0527. The Labute approximate surface area is 96.4 Å². The first-order valence-electron chi connectivity index (χ1n) is 3.42. The maximum absolute atomic E-state index is 13.4. The van der Waals surface area contributed by atoms with Crippen molar-refractivity contribution < 1.29 is 4.39 Å². The molecule has 0 fully saturated rings. The molecule has 0 aliphatic heterocycles. The largest absolute Gasteiger partial charge is 0.245 e. The number of nitrogens with zero attached hydrogens (tertiary/aromatic N) is 3. The zero-order valence-corrected chi connectivity index (χ0v) is 9.53. The lowest BCUT2D eigenvalue weighted by molar-refractivity contribution is 0.622. The van der Waals surface area contributed by atoms with Crippen LogP contribution in [-0.2, 0) is 0 Å². The minimum atomic E-state index is -0.603. The highest BCUT2D eigenvalue weighted by Gasteiger charge is 2.12. The Morgan fingerprint density at radius 3 is 2.71 bits per heavy atom. The molecule has 0 saturated heterocycles. The zero-order chi connectivity index (χ0) is 10.3. The van der Waals surface area contributed by atoms with Gasteiger partial charge < -0.3 is 0 Å². The average Bonchev–Trinajstić information content (AvgIpc) is 2.12. The maximum atomic E-state index is 13.4. The number of fused-ring (bicyclic) bond motifs is 1. The standard InChI is InChI=1S/C7HBrCl2FN3/c8-5-3(11)4-2(1-12-5)6(9)14-7(10)13-4/h1H. The van der Waals surface area contributed by atoms with Crippen molar-refractivity contribution in [2.24, 2.45) is 0 Å². The van der Waals surface area contributed by atoms with Crippen LogP contribution in [0.1, 0.15) is 0 Å². The molecule has 7 heteroatoms. The van der Waals surface area contributed by atoms with Crippen molar-refractivity contribution in [2.75, 3.05) is 0 Å². The van der Waals surface area contributed by atoms with Crippen LogP contribution in [0.25, 0.3) is 10.9 Å². The lowest BCUT2D eigenvalue weighted by Crippen LogP contribution is -1.93. The first kappa shape index (κ1) is 10.0. The smallest absolute Gasteiger partial charge is 0.224 e. The minimum Gasteiger partial charge on any atom is -0.245 e. The molecule has 2 rings (SSSR count). The van der Waals surface area contributed by atoms with Crippen LogP contribution < -0.4 is 0 Å². The number of aromatic nitrogens is 3. The van der Waals surface area contributed by atoms with Gasteiger partial charge in [0.1, 0.15) is 15.3 Å². The lowest BCUT2D eigenvalue weighted by Gasteiger charge is -2.01. The summed E-state index contributed by atoms with van der Waals surface area (Å²) in [4.78, 5) is 11.1. The van der Waals surface area contributed by atoms with Crippen molar-refractivity contribution in [1.82, 2.24) is 15.0 Å². The Balaban J connectivity index is 2.95. The van der Waals surface area contributed by atoms with E-state index in [2.05, 4.69) is 30.9 Å². The van der Waals surface area contributed by atoms with E-state index in [-0.39, 0.29) is 20.6 Å². The van der Waals surface area contributed by atoms with Crippen molar-refractivity contribution in [1.29, 1.82) is 0 Å². The van der Waals surface area contributed by atoms with Gasteiger partial charge >= 0.3 is 0 Å². The van der Waals surface area contributed by atoms with E-state index >= 15 is 0 Å². The van der Waals surface area contributed by atoms with Crippen LogP contribution in [0.5, 0.6) is 0 Å². The maximum Gasteiger partial charge on any atom is 0.224 e. The van der Waals surface area contributed by atoms with Crippen LogP contribution in [0.15, 0.2) is 10.8 Å². The Morgan fingerprint density at radius 2 is 2.00 bits per heavy atom. The third-order valence-electron chi connectivity index (χ3n) is 1.57. The first-order valence-corrected chi connectivity index (χ1v) is 4.97. The molecule has 3 nitrogen and oxygen atoms in total. The summed E-state index contributed by atoms with van der Waals surface area (Å²) in [6, 6.07) is 0. The summed E-state index contributed by atoms with van der Waals surface area (Å²) in [7, 11) is 0. The van der Waals surface area contributed by atoms with Gasteiger partial charge in [-0.25, -0.2) is 19.3 Å². The van der Waals surface area contributed by atoms with Crippen LogP contribution in [0.2, 0.25) is 10.4 Å². The molecule has 0 aliphatic carbocycles. The molecule has 0 amide bonds. The van der Waals surface area contributed by atoms with E-state index in [4.69, 9.17) is 23.2 Å². The monoisotopic (exact) mass is 295 g/mol. The normalized spacial score (nSPS) is 10.9. The molecular formula is C7HBrCl2FN3. The number of hydrogen-bond acceptors (Lipinski definition) is 3. The average molecular weight is 297 g/mol. The van der Waals surface area contributed by atoms with E-state index in [0.29, 0.717) is 5.39 Å². The molecule has 0 saturated carbocycles. The summed E-state index contributed by atoms with van der Waals surface area (Å²) in [5.74, 6) is -0.603. The van der Waals surface area contributed by atoms with Gasteiger partial charge in [-0.3, -0.25) is 0 Å². The van der Waals surface area contributed by atoms with Gasteiger partial charge in [-0.1, -0.05) is 11.6 Å². The van der Waals surface area contributed by atoms with Crippen molar-refractivity contribution >= 4 is 50.0 Å². The van der Waals surface area contributed by atoms with Gasteiger partial charge in [0.05, 0.1) is 5.39 Å². The van der Waals surface area contributed by atoms with E-state index < -0.39 is 5.82 Å².